The number of hydrogen-bond acceptors (Lipinski definition) is 7. The van der Waals surface area contributed by atoms with Crippen LogP contribution in [0, 0.1) is 0 Å². The Balaban J connectivity index is 1.76. The number of carbonyl (C=O) groups excluding carboxylic acids is 1. The van der Waals surface area contributed by atoms with Gasteiger partial charge in [0.15, 0.2) is 11.6 Å². The average molecular weight is 362 g/mol. The molecule has 0 aliphatic carbocycles. The van der Waals surface area contributed by atoms with Gasteiger partial charge < -0.3 is 14.7 Å². The number of H-pyrrole nitrogens is 1. The number of nitrogens with one attached hydrogen (secondary N) is 2. The molecule has 0 spiro atoms. The van der Waals surface area contributed by atoms with Crippen molar-refractivity contribution in [2.24, 2.45) is 0 Å². The molecule has 0 atom stereocenters. The second kappa shape index (κ2) is 6.64. The molecule has 4 aromatic rings. The maximum atomic E-state index is 11.6. The highest BCUT2D eigenvalue weighted by molar-refractivity contribution is 5.97. The molecule has 0 aliphatic heterocycles. The lowest BCUT2D eigenvalue weighted by Crippen LogP contribution is -2.09. The molecule has 0 saturated carbocycles. The van der Waals surface area contributed by atoms with E-state index >= 15 is 0 Å². The van der Waals surface area contributed by atoms with E-state index in [1.807, 2.05) is 38.2 Å². The molecule has 0 radical (unpaired) electrons. The molecule has 2 N–H and O–H groups in total. The fourth-order valence-corrected chi connectivity index (χ4v) is 2.77. The number of aromatic amines is 1. The van der Waals surface area contributed by atoms with Crippen molar-refractivity contribution in [3.63, 3.8) is 0 Å². The Morgan fingerprint density at radius 3 is 2.85 bits per heavy atom. The van der Waals surface area contributed by atoms with Gasteiger partial charge in [0.1, 0.15) is 5.69 Å². The summed E-state index contributed by atoms with van der Waals surface area (Å²) in [7, 11) is 0. The summed E-state index contributed by atoms with van der Waals surface area (Å²) in [4.78, 5) is 23.5. The van der Waals surface area contributed by atoms with Crippen LogP contribution in [0.4, 0.5) is 6.01 Å². The summed E-state index contributed by atoms with van der Waals surface area (Å²) in [5, 5.41) is 12.1. The summed E-state index contributed by atoms with van der Waals surface area (Å²) in [6.07, 6.45) is 3.41. The number of Topliss-reactive ketones (excluding diaryl/α,β-unsaturated/α-hetero) is 1. The van der Waals surface area contributed by atoms with Crippen LogP contribution in [0.3, 0.4) is 0 Å². The number of benzene rings is 1. The van der Waals surface area contributed by atoms with Crippen LogP contribution < -0.4 is 5.32 Å². The Labute approximate surface area is 155 Å². The van der Waals surface area contributed by atoms with Crippen LogP contribution in [0.1, 0.15) is 31.3 Å². The quantitative estimate of drug-likeness (QED) is 0.521. The smallest absolute Gasteiger partial charge is 0.315 e. The average Bonchev–Trinajstić information content (AvgIpc) is 3.27. The van der Waals surface area contributed by atoms with E-state index in [0.717, 1.165) is 22.0 Å². The maximum absolute atomic E-state index is 11.6. The zero-order valence-electron chi connectivity index (χ0n) is 15.1. The number of rotatable bonds is 5. The van der Waals surface area contributed by atoms with Crippen LogP contribution >= 0.6 is 0 Å². The first kappa shape index (κ1) is 16.9. The van der Waals surface area contributed by atoms with Gasteiger partial charge in [0, 0.05) is 47.4 Å². The van der Waals surface area contributed by atoms with Gasteiger partial charge in [-0.3, -0.25) is 4.79 Å². The Kier molecular flexibility index (Phi) is 4.15. The molecule has 0 amide bonds. The number of nitrogens with zero attached hydrogens (tertiary/aromatic N) is 4. The second-order valence-corrected chi connectivity index (χ2v) is 6.50. The van der Waals surface area contributed by atoms with E-state index in [1.165, 1.54) is 6.92 Å². The van der Waals surface area contributed by atoms with Crippen LogP contribution in [0.25, 0.3) is 33.7 Å². The Hall–Kier alpha value is -3.55. The normalized spacial score (nSPS) is 11.3. The van der Waals surface area contributed by atoms with Crippen molar-refractivity contribution in [3.8, 4) is 22.8 Å². The molecule has 0 bridgehead atoms. The highest BCUT2D eigenvalue weighted by Gasteiger charge is 2.14. The topological polar surface area (TPSA) is 110 Å². The zero-order valence-corrected chi connectivity index (χ0v) is 15.1. The third-order valence-corrected chi connectivity index (χ3v) is 4.02. The molecule has 3 heterocycles. The summed E-state index contributed by atoms with van der Waals surface area (Å²) in [5.74, 6) is 0.805. The number of ketones is 1. The van der Waals surface area contributed by atoms with E-state index < -0.39 is 0 Å². The monoisotopic (exact) mass is 362 g/mol. The van der Waals surface area contributed by atoms with Crippen LogP contribution in [-0.2, 0) is 0 Å². The lowest BCUT2D eigenvalue weighted by Gasteiger charge is -2.03. The van der Waals surface area contributed by atoms with Gasteiger partial charge in [-0.15, -0.1) is 5.10 Å². The van der Waals surface area contributed by atoms with Crippen molar-refractivity contribution >= 4 is 22.7 Å². The van der Waals surface area contributed by atoms with E-state index in [4.69, 9.17) is 4.42 Å². The van der Waals surface area contributed by atoms with E-state index in [1.54, 1.807) is 12.3 Å². The molecule has 4 rings (SSSR count). The number of hydrogen-bond donors (Lipinski definition) is 2. The van der Waals surface area contributed by atoms with Crippen LogP contribution in [0.5, 0.6) is 0 Å². The van der Waals surface area contributed by atoms with Gasteiger partial charge in [-0.05, 0) is 38.1 Å². The highest BCUT2D eigenvalue weighted by atomic mass is 16.4. The molecule has 0 saturated heterocycles. The maximum Gasteiger partial charge on any atom is 0.315 e. The van der Waals surface area contributed by atoms with Crippen molar-refractivity contribution in [1.82, 2.24) is 25.1 Å². The zero-order chi connectivity index (χ0) is 19.0. The van der Waals surface area contributed by atoms with E-state index in [-0.39, 0.29) is 11.8 Å². The van der Waals surface area contributed by atoms with Gasteiger partial charge in [-0.25, -0.2) is 9.97 Å². The first-order chi connectivity index (χ1) is 13.0. The molecule has 3 aromatic heterocycles. The summed E-state index contributed by atoms with van der Waals surface area (Å²) >= 11 is 0. The Morgan fingerprint density at radius 1 is 1.22 bits per heavy atom. The Morgan fingerprint density at radius 2 is 2.07 bits per heavy atom. The number of fused-ring (bicyclic) bond motifs is 1. The van der Waals surface area contributed by atoms with Crippen LogP contribution in [0.2, 0.25) is 0 Å². The van der Waals surface area contributed by atoms with Crippen molar-refractivity contribution in [2.45, 2.75) is 26.8 Å². The molecule has 0 fully saturated rings. The van der Waals surface area contributed by atoms with Gasteiger partial charge in [-0.1, -0.05) is 5.10 Å². The molecular formula is C19H18N6O2. The van der Waals surface area contributed by atoms with Crippen LogP contribution in [0.15, 0.2) is 41.1 Å². The van der Waals surface area contributed by atoms with Crippen LogP contribution in [-0.4, -0.2) is 37.0 Å². The molecule has 27 heavy (non-hydrogen) atoms. The SMILES string of the molecule is CC(=O)c1ccnc(-c2c[nH]c3ccc(-c4nnc(NC(C)C)o4)cc23)n1. The van der Waals surface area contributed by atoms with Crippen molar-refractivity contribution < 1.29 is 9.21 Å². The molecule has 0 unspecified atom stereocenters. The molecule has 8 nitrogen and oxygen atoms in total. The number of carbonyl (C=O) groups is 1. The number of aromatic nitrogens is 5. The fourth-order valence-electron chi connectivity index (χ4n) is 2.77. The van der Waals surface area contributed by atoms with Gasteiger partial charge in [-0.2, -0.15) is 0 Å². The lowest BCUT2D eigenvalue weighted by molar-refractivity contribution is 0.101. The minimum atomic E-state index is -0.102. The standard InChI is InChI=1S/C19H18N6O2/c1-10(2)22-19-25-24-18(27-19)12-4-5-16-13(8-12)14(9-21-16)17-20-7-6-15(23-17)11(3)26/h4-10,21H,1-3H3,(H,22,25). The summed E-state index contributed by atoms with van der Waals surface area (Å²) in [6, 6.07) is 7.96. The molecule has 136 valence electrons. The minimum absolute atomic E-state index is 0.102. The van der Waals surface area contributed by atoms with E-state index in [0.29, 0.717) is 23.4 Å². The minimum Gasteiger partial charge on any atom is -0.403 e. The molecule has 0 aliphatic rings. The van der Waals surface area contributed by atoms with Gasteiger partial charge in [0.05, 0.1) is 0 Å². The summed E-state index contributed by atoms with van der Waals surface area (Å²) < 4.78 is 5.68. The third-order valence-electron chi connectivity index (χ3n) is 4.02. The van der Waals surface area contributed by atoms with Crippen molar-refractivity contribution in [1.29, 1.82) is 0 Å². The Bertz CT molecular complexity index is 1130. The first-order valence-corrected chi connectivity index (χ1v) is 8.57. The van der Waals surface area contributed by atoms with Crippen molar-refractivity contribution in [3.05, 3.63) is 42.4 Å². The summed E-state index contributed by atoms with van der Waals surface area (Å²) in [5.41, 5.74) is 2.89. The predicted octanol–water partition coefficient (Wildman–Crippen LogP) is 3.70. The largest absolute Gasteiger partial charge is 0.403 e. The van der Waals surface area contributed by atoms with Gasteiger partial charge in [0.25, 0.3) is 0 Å². The van der Waals surface area contributed by atoms with E-state index in [9.17, 15) is 4.79 Å². The van der Waals surface area contributed by atoms with Gasteiger partial charge >= 0.3 is 6.01 Å². The third kappa shape index (κ3) is 3.29. The fraction of sp³-hybridized carbons (Fsp3) is 0.211. The number of anilines is 1. The molecule has 1 aromatic carbocycles. The predicted molar refractivity (Wildman–Crippen MR) is 101 cm³/mol. The second-order valence-electron chi connectivity index (χ2n) is 6.50. The highest BCUT2D eigenvalue weighted by Crippen LogP contribution is 2.30. The summed E-state index contributed by atoms with van der Waals surface area (Å²) in [6.45, 7) is 5.48. The van der Waals surface area contributed by atoms with E-state index in [2.05, 4.69) is 30.5 Å². The van der Waals surface area contributed by atoms with Crippen molar-refractivity contribution in [2.75, 3.05) is 5.32 Å². The molecule has 8 heteroatoms. The molecular weight excluding hydrogens is 344 g/mol. The lowest BCUT2D eigenvalue weighted by atomic mass is 10.1. The van der Waals surface area contributed by atoms with Gasteiger partial charge in [0.2, 0.25) is 5.89 Å². The first-order valence-electron chi connectivity index (χ1n) is 8.57.